The van der Waals surface area contributed by atoms with Gasteiger partial charge in [-0.1, -0.05) is 30.3 Å². The van der Waals surface area contributed by atoms with Crippen molar-refractivity contribution in [1.29, 1.82) is 0 Å². The Morgan fingerprint density at radius 2 is 1.96 bits per heavy atom. The summed E-state index contributed by atoms with van der Waals surface area (Å²) in [5, 5.41) is 13.7. The van der Waals surface area contributed by atoms with E-state index < -0.39 is 11.6 Å². The molecule has 2 heterocycles. The van der Waals surface area contributed by atoms with Gasteiger partial charge in [-0.15, -0.1) is 0 Å². The maximum Gasteiger partial charge on any atom is 0.413 e. The molecule has 1 amide bonds. The second-order valence-corrected chi connectivity index (χ2v) is 6.69. The van der Waals surface area contributed by atoms with E-state index >= 15 is 0 Å². The topological polar surface area (TPSA) is 77.8 Å². The third kappa shape index (κ3) is 2.95. The van der Waals surface area contributed by atoms with E-state index in [1.807, 2.05) is 51.1 Å². The minimum atomic E-state index is -1.02. The molecule has 0 aliphatic carbocycles. The van der Waals surface area contributed by atoms with E-state index in [9.17, 15) is 9.90 Å². The number of amides is 1. The van der Waals surface area contributed by atoms with Crippen LogP contribution < -0.4 is 10.3 Å². The lowest BCUT2D eigenvalue weighted by Crippen LogP contribution is -2.45. The molecule has 3 rings (SSSR count). The minimum absolute atomic E-state index is 0.0966. The SMILES string of the molecule is CC(C)(C)N(C(=O)O)c1ccc(C2NN=Cc3ccccc32)cn1. The Hall–Kier alpha value is -2.89. The molecule has 0 fully saturated rings. The molecule has 0 radical (unpaired) electrons. The first-order valence-electron chi connectivity index (χ1n) is 7.74. The van der Waals surface area contributed by atoms with Crippen LogP contribution in [0.25, 0.3) is 0 Å². The number of aromatic nitrogens is 1. The molecule has 0 saturated carbocycles. The molecule has 1 atom stereocenters. The average molecular weight is 324 g/mol. The van der Waals surface area contributed by atoms with Crippen LogP contribution in [0.1, 0.15) is 43.5 Å². The zero-order chi connectivity index (χ0) is 17.3. The van der Waals surface area contributed by atoms with E-state index in [1.54, 1.807) is 18.5 Å². The fraction of sp³-hybridized carbons (Fsp3) is 0.278. The molecule has 1 aromatic carbocycles. The lowest BCUT2D eigenvalue weighted by atomic mass is 9.95. The standard InChI is InChI=1S/C18H20N4O2/c1-18(2,3)22(17(23)24)15-9-8-13(10-19-15)16-14-7-5-4-6-12(14)11-20-21-16/h4-11,16,21H,1-3H3,(H,23,24). The predicted octanol–water partition coefficient (Wildman–Crippen LogP) is 3.39. The number of carbonyl (C=O) groups is 1. The third-order valence-electron chi connectivity index (χ3n) is 3.91. The molecule has 1 unspecified atom stereocenters. The number of nitrogens with zero attached hydrogens (tertiary/aromatic N) is 3. The number of nitrogens with one attached hydrogen (secondary N) is 1. The van der Waals surface area contributed by atoms with Crippen molar-refractivity contribution in [3.63, 3.8) is 0 Å². The van der Waals surface area contributed by atoms with Crippen molar-refractivity contribution in [3.8, 4) is 0 Å². The van der Waals surface area contributed by atoms with Crippen molar-refractivity contribution < 1.29 is 9.90 Å². The van der Waals surface area contributed by atoms with E-state index in [1.165, 1.54) is 4.90 Å². The molecule has 1 aliphatic heterocycles. The van der Waals surface area contributed by atoms with E-state index in [4.69, 9.17) is 0 Å². The second-order valence-electron chi connectivity index (χ2n) is 6.69. The molecule has 1 aliphatic rings. The number of anilines is 1. The zero-order valence-electron chi connectivity index (χ0n) is 13.9. The Bertz CT molecular complexity index is 778. The van der Waals surface area contributed by atoms with Crippen LogP contribution in [0, 0.1) is 0 Å². The van der Waals surface area contributed by atoms with E-state index in [2.05, 4.69) is 15.5 Å². The lowest BCUT2D eigenvalue weighted by molar-refractivity contribution is 0.195. The van der Waals surface area contributed by atoms with Gasteiger partial charge in [0.15, 0.2) is 0 Å². The molecule has 0 spiro atoms. The van der Waals surface area contributed by atoms with Gasteiger partial charge < -0.3 is 5.11 Å². The molecule has 6 nitrogen and oxygen atoms in total. The summed E-state index contributed by atoms with van der Waals surface area (Å²) in [6, 6.07) is 11.5. The number of fused-ring (bicyclic) bond motifs is 1. The van der Waals surface area contributed by atoms with Gasteiger partial charge in [0.2, 0.25) is 0 Å². The maximum atomic E-state index is 11.6. The van der Waals surface area contributed by atoms with Crippen LogP contribution in [0.15, 0.2) is 47.7 Å². The van der Waals surface area contributed by atoms with Gasteiger partial charge in [-0.2, -0.15) is 5.10 Å². The van der Waals surface area contributed by atoms with Gasteiger partial charge >= 0.3 is 6.09 Å². The van der Waals surface area contributed by atoms with E-state index in [-0.39, 0.29) is 6.04 Å². The zero-order valence-corrected chi connectivity index (χ0v) is 13.9. The number of hydrogen-bond donors (Lipinski definition) is 2. The van der Waals surface area contributed by atoms with Crippen molar-refractivity contribution >= 4 is 18.1 Å². The smallest absolute Gasteiger partial charge is 0.413 e. The summed E-state index contributed by atoms with van der Waals surface area (Å²) in [4.78, 5) is 17.2. The minimum Gasteiger partial charge on any atom is -0.465 e. The summed E-state index contributed by atoms with van der Waals surface area (Å²) >= 11 is 0. The van der Waals surface area contributed by atoms with Crippen LogP contribution in [0.5, 0.6) is 0 Å². The predicted molar refractivity (Wildman–Crippen MR) is 93.5 cm³/mol. The van der Waals surface area contributed by atoms with Crippen LogP contribution in [0.3, 0.4) is 0 Å². The fourth-order valence-electron chi connectivity index (χ4n) is 2.83. The van der Waals surface area contributed by atoms with Gasteiger partial charge in [0.25, 0.3) is 0 Å². The summed E-state index contributed by atoms with van der Waals surface area (Å²) < 4.78 is 0. The second kappa shape index (κ2) is 5.96. The van der Waals surface area contributed by atoms with Crippen molar-refractivity contribution in [2.75, 3.05) is 4.90 Å². The summed E-state index contributed by atoms with van der Waals surface area (Å²) in [6.07, 6.45) is 2.47. The highest BCUT2D eigenvalue weighted by Gasteiger charge is 2.29. The summed E-state index contributed by atoms with van der Waals surface area (Å²) in [5.41, 5.74) is 5.64. The monoisotopic (exact) mass is 324 g/mol. The maximum absolute atomic E-state index is 11.6. The van der Waals surface area contributed by atoms with Crippen molar-refractivity contribution in [2.24, 2.45) is 5.10 Å². The lowest BCUT2D eigenvalue weighted by Gasteiger charge is -2.32. The number of hydrogen-bond acceptors (Lipinski definition) is 4. The van der Waals surface area contributed by atoms with Crippen LogP contribution in [0.4, 0.5) is 10.6 Å². The normalized spacial score (nSPS) is 16.2. The van der Waals surface area contributed by atoms with Crippen LogP contribution in [0.2, 0.25) is 0 Å². The Balaban J connectivity index is 1.93. The number of benzene rings is 1. The molecule has 0 bridgehead atoms. The first-order valence-corrected chi connectivity index (χ1v) is 7.74. The quantitative estimate of drug-likeness (QED) is 0.887. The molecule has 2 N–H and O–H groups in total. The Kier molecular flexibility index (Phi) is 3.97. The number of rotatable bonds is 2. The first kappa shape index (κ1) is 16.0. The van der Waals surface area contributed by atoms with Gasteiger partial charge in [-0.25, -0.2) is 9.78 Å². The van der Waals surface area contributed by atoms with Gasteiger partial charge in [-0.3, -0.25) is 10.3 Å². The highest BCUT2D eigenvalue weighted by Crippen LogP contribution is 2.28. The van der Waals surface area contributed by atoms with Gasteiger partial charge in [0.1, 0.15) is 5.82 Å². The Morgan fingerprint density at radius 1 is 1.21 bits per heavy atom. The van der Waals surface area contributed by atoms with E-state index in [0.29, 0.717) is 5.82 Å². The Morgan fingerprint density at radius 3 is 2.58 bits per heavy atom. The van der Waals surface area contributed by atoms with Crippen LogP contribution in [-0.2, 0) is 0 Å². The first-order chi connectivity index (χ1) is 11.4. The van der Waals surface area contributed by atoms with Crippen molar-refractivity contribution in [3.05, 3.63) is 59.3 Å². The molecule has 6 heteroatoms. The molecule has 1 aromatic heterocycles. The molecular weight excluding hydrogens is 304 g/mol. The highest BCUT2D eigenvalue weighted by molar-refractivity contribution is 5.86. The molecule has 24 heavy (non-hydrogen) atoms. The molecular formula is C18H20N4O2. The largest absolute Gasteiger partial charge is 0.465 e. The summed E-state index contributed by atoms with van der Waals surface area (Å²) in [5.74, 6) is 0.409. The fourth-order valence-corrected chi connectivity index (χ4v) is 2.83. The third-order valence-corrected chi connectivity index (χ3v) is 3.91. The summed E-state index contributed by atoms with van der Waals surface area (Å²) in [6.45, 7) is 5.51. The van der Waals surface area contributed by atoms with Gasteiger partial charge in [0, 0.05) is 17.3 Å². The molecule has 0 saturated heterocycles. The van der Waals surface area contributed by atoms with Crippen molar-refractivity contribution in [1.82, 2.24) is 10.4 Å². The van der Waals surface area contributed by atoms with Gasteiger partial charge in [-0.05, 0) is 38.0 Å². The van der Waals surface area contributed by atoms with Crippen molar-refractivity contribution in [2.45, 2.75) is 32.4 Å². The van der Waals surface area contributed by atoms with Gasteiger partial charge in [0.05, 0.1) is 12.3 Å². The van der Waals surface area contributed by atoms with Crippen LogP contribution >= 0.6 is 0 Å². The number of pyridine rings is 1. The van der Waals surface area contributed by atoms with E-state index in [0.717, 1.165) is 16.7 Å². The Labute approximate surface area is 140 Å². The average Bonchev–Trinajstić information content (AvgIpc) is 2.53. The molecule has 124 valence electrons. The van der Waals surface area contributed by atoms with Crippen LogP contribution in [-0.4, -0.2) is 27.9 Å². The number of carboxylic acid groups (broad SMARTS) is 1. The molecule has 2 aromatic rings. The highest BCUT2D eigenvalue weighted by atomic mass is 16.4. The number of hydrazone groups is 1. The summed E-state index contributed by atoms with van der Waals surface area (Å²) in [7, 11) is 0.